The second kappa shape index (κ2) is 6.48. The average molecular weight is 349 g/mol. The van der Waals surface area contributed by atoms with Crippen LogP contribution in [0.4, 0.5) is 5.69 Å². The van der Waals surface area contributed by atoms with Crippen LogP contribution in [0.1, 0.15) is 11.7 Å². The van der Waals surface area contributed by atoms with Crippen molar-refractivity contribution in [3.05, 3.63) is 77.2 Å². The Hall–Kier alpha value is -3.41. The molecule has 6 heteroatoms. The molecule has 132 valence electrons. The third-order valence-corrected chi connectivity index (χ3v) is 4.41. The number of furan rings is 1. The maximum Gasteiger partial charge on any atom is 0.227 e. The predicted molar refractivity (Wildman–Crippen MR) is 98.3 cm³/mol. The molecule has 3 aromatic rings. The lowest BCUT2D eigenvalue weighted by Crippen LogP contribution is -2.43. The summed E-state index contributed by atoms with van der Waals surface area (Å²) in [4.78, 5) is 6.75. The largest absolute Gasteiger partial charge is 0.497 e. The van der Waals surface area contributed by atoms with E-state index in [0.29, 0.717) is 11.4 Å². The Morgan fingerprint density at radius 1 is 1.00 bits per heavy atom. The van der Waals surface area contributed by atoms with Crippen LogP contribution in [0.25, 0.3) is 5.82 Å². The highest BCUT2D eigenvalue weighted by Crippen LogP contribution is 2.34. The van der Waals surface area contributed by atoms with E-state index >= 15 is 0 Å². The first-order valence-electron chi connectivity index (χ1n) is 8.19. The summed E-state index contributed by atoms with van der Waals surface area (Å²) in [6.07, 6.45) is 1.24. The number of nitrogens with two attached hydrogens (primary N) is 1. The monoisotopic (exact) mass is 349 g/mol. The maximum absolute atomic E-state index is 6.50. The summed E-state index contributed by atoms with van der Waals surface area (Å²) >= 11 is 0. The van der Waals surface area contributed by atoms with Gasteiger partial charge in [0.05, 0.1) is 25.7 Å². The van der Waals surface area contributed by atoms with Gasteiger partial charge in [0.15, 0.2) is 6.17 Å². The quantitative estimate of drug-likeness (QED) is 0.781. The highest BCUT2D eigenvalue weighted by atomic mass is 16.5. The molecule has 0 fully saturated rings. The molecule has 0 spiro atoms. The van der Waals surface area contributed by atoms with E-state index in [9.17, 15) is 0 Å². The lowest BCUT2D eigenvalue weighted by Gasteiger charge is -2.33. The van der Waals surface area contributed by atoms with Gasteiger partial charge in [-0.05, 0) is 35.9 Å². The number of fused-ring (bicyclic) bond motifs is 1. The summed E-state index contributed by atoms with van der Waals surface area (Å²) in [6, 6.07) is 17.3. The van der Waals surface area contributed by atoms with Gasteiger partial charge in [-0.15, -0.1) is 0 Å². The number of anilines is 1. The summed E-state index contributed by atoms with van der Waals surface area (Å²) in [7, 11) is 3.28. The van der Waals surface area contributed by atoms with Crippen LogP contribution in [-0.4, -0.2) is 14.2 Å². The van der Waals surface area contributed by atoms with Crippen molar-refractivity contribution in [1.82, 2.24) is 0 Å². The van der Waals surface area contributed by atoms with Crippen molar-refractivity contribution >= 4 is 11.5 Å². The van der Waals surface area contributed by atoms with Gasteiger partial charge < -0.3 is 24.5 Å². The normalized spacial score (nSPS) is 16.0. The van der Waals surface area contributed by atoms with Crippen molar-refractivity contribution in [3.8, 4) is 11.5 Å². The second-order valence-electron chi connectivity index (χ2n) is 5.87. The van der Waals surface area contributed by atoms with Gasteiger partial charge in [0.2, 0.25) is 5.55 Å². The predicted octanol–water partition coefficient (Wildman–Crippen LogP) is 2.16. The standard InChI is InChI=1S/C20H19N3O3/c1-24-15-8-6-13(7-9-15)19-22-20-17(10-11-26-20)18(21)23(19)14-4-3-5-16(12-14)25-2/h3-12,19H,21H2,1-2H3. The third kappa shape index (κ3) is 2.65. The number of methoxy groups -OCH3 is 2. The van der Waals surface area contributed by atoms with Crippen molar-refractivity contribution in [3.63, 3.8) is 0 Å². The molecule has 2 aromatic carbocycles. The summed E-state index contributed by atoms with van der Waals surface area (Å²) < 4.78 is 16.1. The molecule has 1 unspecified atom stereocenters. The zero-order valence-corrected chi connectivity index (χ0v) is 14.5. The fourth-order valence-corrected chi connectivity index (χ4v) is 3.07. The van der Waals surface area contributed by atoms with Gasteiger partial charge in [-0.3, -0.25) is 0 Å². The highest BCUT2D eigenvalue weighted by Gasteiger charge is 2.27. The Kier molecular flexibility index (Phi) is 4.01. The molecular formula is C20H19N3O3. The van der Waals surface area contributed by atoms with Crippen LogP contribution < -0.4 is 30.9 Å². The van der Waals surface area contributed by atoms with Crippen LogP contribution >= 0.6 is 0 Å². The second-order valence-corrected chi connectivity index (χ2v) is 5.87. The van der Waals surface area contributed by atoms with Crippen LogP contribution in [0.5, 0.6) is 11.5 Å². The lowest BCUT2D eigenvalue weighted by molar-refractivity contribution is 0.414. The molecule has 6 nitrogen and oxygen atoms in total. The fourth-order valence-electron chi connectivity index (χ4n) is 3.07. The fraction of sp³-hybridized carbons (Fsp3) is 0.150. The van der Waals surface area contributed by atoms with Gasteiger partial charge in [-0.1, -0.05) is 18.2 Å². The molecule has 2 N–H and O–H groups in total. The topological polar surface area (TPSA) is 73.2 Å². The Balaban J connectivity index is 1.88. The van der Waals surface area contributed by atoms with Crippen molar-refractivity contribution in [2.45, 2.75) is 6.17 Å². The van der Waals surface area contributed by atoms with Gasteiger partial charge in [0.1, 0.15) is 17.3 Å². The Labute approximate surface area is 150 Å². The first-order valence-corrected chi connectivity index (χ1v) is 8.19. The van der Waals surface area contributed by atoms with Crippen LogP contribution in [0.3, 0.4) is 0 Å². The number of hydrogen-bond donors (Lipinski definition) is 1. The molecule has 1 aliphatic rings. The average Bonchev–Trinajstić information content (AvgIpc) is 3.17. The minimum absolute atomic E-state index is 0.355. The molecule has 1 aromatic heterocycles. The number of benzene rings is 2. The van der Waals surface area contributed by atoms with Crippen LogP contribution in [0.2, 0.25) is 0 Å². The van der Waals surface area contributed by atoms with E-state index < -0.39 is 0 Å². The lowest BCUT2D eigenvalue weighted by atomic mass is 10.1. The Bertz CT molecular complexity index is 1040. The summed E-state index contributed by atoms with van der Waals surface area (Å²) in [5.74, 6) is 2.12. The van der Waals surface area contributed by atoms with Gasteiger partial charge >= 0.3 is 0 Å². The first kappa shape index (κ1) is 16.1. The zero-order chi connectivity index (χ0) is 18.1. The molecule has 0 bridgehead atoms. The van der Waals surface area contributed by atoms with Gasteiger partial charge in [-0.25, -0.2) is 4.99 Å². The summed E-state index contributed by atoms with van der Waals surface area (Å²) in [6.45, 7) is 0. The molecular weight excluding hydrogens is 330 g/mol. The minimum Gasteiger partial charge on any atom is -0.497 e. The van der Waals surface area contributed by atoms with Crippen molar-refractivity contribution in [1.29, 1.82) is 0 Å². The number of hydrogen-bond acceptors (Lipinski definition) is 6. The molecule has 0 radical (unpaired) electrons. The van der Waals surface area contributed by atoms with Crippen molar-refractivity contribution in [2.24, 2.45) is 10.7 Å². The van der Waals surface area contributed by atoms with Gasteiger partial charge in [-0.2, -0.15) is 0 Å². The molecule has 0 aliphatic carbocycles. The Morgan fingerprint density at radius 3 is 2.50 bits per heavy atom. The van der Waals surface area contributed by atoms with E-state index in [2.05, 4.69) is 0 Å². The molecule has 4 rings (SSSR count). The smallest absolute Gasteiger partial charge is 0.227 e. The molecule has 1 aliphatic heterocycles. The Morgan fingerprint density at radius 2 is 1.77 bits per heavy atom. The summed E-state index contributed by atoms with van der Waals surface area (Å²) in [5, 5.41) is 0.776. The van der Waals surface area contributed by atoms with Crippen LogP contribution in [0, 0.1) is 0 Å². The van der Waals surface area contributed by atoms with E-state index in [1.54, 1.807) is 20.5 Å². The number of nitrogens with zero attached hydrogens (tertiary/aromatic N) is 2. The highest BCUT2D eigenvalue weighted by molar-refractivity contribution is 5.69. The van der Waals surface area contributed by atoms with Crippen LogP contribution in [-0.2, 0) is 0 Å². The van der Waals surface area contributed by atoms with Crippen molar-refractivity contribution in [2.75, 3.05) is 19.1 Å². The zero-order valence-electron chi connectivity index (χ0n) is 14.5. The maximum atomic E-state index is 6.50. The SMILES string of the molecule is COc1ccc(C2N=c3occc3=C(N)N2c2cccc(OC)c2)cc1. The van der Waals surface area contributed by atoms with Gasteiger partial charge in [0.25, 0.3) is 0 Å². The molecule has 2 heterocycles. The van der Waals surface area contributed by atoms with E-state index in [1.807, 2.05) is 59.5 Å². The number of rotatable bonds is 4. The van der Waals surface area contributed by atoms with E-state index in [4.69, 9.17) is 24.6 Å². The number of ether oxygens (including phenoxy) is 2. The van der Waals surface area contributed by atoms with Crippen LogP contribution in [0.15, 0.2) is 70.3 Å². The van der Waals surface area contributed by atoms with E-state index in [-0.39, 0.29) is 6.17 Å². The third-order valence-electron chi connectivity index (χ3n) is 4.41. The van der Waals surface area contributed by atoms with Gasteiger partial charge in [0, 0.05) is 11.8 Å². The first-order chi connectivity index (χ1) is 12.7. The van der Waals surface area contributed by atoms with E-state index in [0.717, 1.165) is 28.0 Å². The minimum atomic E-state index is -0.355. The van der Waals surface area contributed by atoms with Crippen molar-refractivity contribution < 1.29 is 13.9 Å². The molecule has 0 saturated carbocycles. The van der Waals surface area contributed by atoms with E-state index in [1.165, 1.54) is 0 Å². The molecule has 26 heavy (non-hydrogen) atoms. The molecule has 0 saturated heterocycles. The molecule has 1 atom stereocenters. The molecule has 0 amide bonds. The summed E-state index contributed by atoms with van der Waals surface area (Å²) in [5.41, 5.74) is 8.89.